The summed E-state index contributed by atoms with van der Waals surface area (Å²) >= 11 is 1.34. The Morgan fingerprint density at radius 3 is 2.42 bits per heavy atom. The quantitative estimate of drug-likeness (QED) is 0.189. The van der Waals surface area contributed by atoms with E-state index in [1.54, 1.807) is 30.3 Å². The van der Waals surface area contributed by atoms with Gasteiger partial charge in [0.15, 0.2) is 5.16 Å². The van der Waals surface area contributed by atoms with Crippen molar-refractivity contribution in [2.45, 2.75) is 37.1 Å². The van der Waals surface area contributed by atoms with Gasteiger partial charge in [-0.1, -0.05) is 30.0 Å². The predicted octanol–water partition coefficient (Wildman–Crippen LogP) is 4.42. The summed E-state index contributed by atoms with van der Waals surface area (Å²) in [5, 5.41) is 16.2. The number of piperazine rings is 1. The van der Waals surface area contributed by atoms with Gasteiger partial charge < -0.3 is 26.0 Å². The zero-order valence-electron chi connectivity index (χ0n) is 26.7. The van der Waals surface area contributed by atoms with E-state index in [1.807, 2.05) is 17.0 Å². The minimum atomic E-state index is -0.172. The maximum Gasteiger partial charge on any atom is 0.226 e. The molecule has 0 aliphatic carbocycles. The molecule has 0 atom stereocenters. The Kier molecular flexibility index (Phi) is 17.2. The number of rotatable bonds is 11. The number of pyridine rings is 1. The molecule has 2 amide bonds. The van der Waals surface area contributed by atoms with Gasteiger partial charge in [-0.3, -0.25) is 14.5 Å². The third-order valence-corrected chi connectivity index (χ3v) is 8.78. The van der Waals surface area contributed by atoms with Crippen LogP contribution in [-0.4, -0.2) is 89.0 Å². The summed E-state index contributed by atoms with van der Waals surface area (Å²) in [5.74, 6) is 1.69. The Bertz CT molecular complexity index is 1530. The number of anilines is 2. The molecule has 2 aliphatic rings. The van der Waals surface area contributed by atoms with Crippen LogP contribution in [0.1, 0.15) is 37.4 Å². The predicted molar refractivity (Wildman–Crippen MR) is 195 cm³/mol. The standard InChI is InChI=1S/C32H39N9O3S.3ClH/c1-22(42)36-25-7-5-24(6-8-25)30-27(19-33)31(34)39-32(38-30)45-21-26-3-2-4-28(37-26)44-18-11-29(43)41-16-14-40(15-17-41)20-23-9-12-35-13-10-23;;;/h2-8,23,35H,9-18,20-21H2,1H3,(H,36,42)(H2,34,38,39);3*1H. The molecule has 3 aromatic rings. The Morgan fingerprint density at radius 1 is 1.04 bits per heavy atom. The number of carbonyl (C=O) groups is 2. The molecule has 0 radical (unpaired) electrons. The van der Waals surface area contributed by atoms with Crippen molar-refractivity contribution in [1.29, 1.82) is 5.26 Å². The normalized spacial score (nSPS) is 14.8. The highest BCUT2D eigenvalue weighted by Gasteiger charge is 2.24. The molecule has 2 fully saturated rings. The zero-order chi connectivity index (χ0) is 31.6. The second kappa shape index (κ2) is 20.2. The van der Waals surface area contributed by atoms with Crippen LogP contribution in [0, 0.1) is 17.2 Å². The number of nitrogen functional groups attached to an aromatic ring is 1. The van der Waals surface area contributed by atoms with E-state index in [0.29, 0.717) is 40.2 Å². The molecule has 2 aliphatic heterocycles. The Labute approximate surface area is 304 Å². The number of aromatic nitrogens is 3. The molecule has 260 valence electrons. The van der Waals surface area contributed by atoms with E-state index in [4.69, 9.17) is 10.5 Å². The van der Waals surface area contributed by atoms with Gasteiger partial charge in [0, 0.05) is 62.7 Å². The third kappa shape index (κ3) is 11.6. The van der Waals surface area contributed by atoms with Crippen LogP contribution in [0.4, 0.5) is 11.5 Å². The topological polar surface area (TPSA) is 162 Å². The first-order valence-corrected chi connectivity index (χ1v) is 16.2. The fraction of sp³-hybridized carbons (Fsp3) is 0.438. The van der Waals surface area contributed by atoms with E-state index >= 15 is 0 Å². The molecule has 2 saturated heterocycles. The van der Waals surface area contributed by atoms with Gasteiger partial charge in [-0.05, 0) is 50.0 Å². The average molecular weight is 739 g/mol. The Balaban J connectivity index is 0.00000267. The second-order valence-corrected chi connectivity index (χ2v) is 12.2. The van der Waals surface area contributed by atoms with Crippen molar-refractivity contribution in [3.8, 4) is 23.2 Å². The smallest absolute Gasteiger partial charge is 0.226 e. The lowest BCUT2D eigenvalue weighted by Crippen LogP contribution is -2.50. The summed E-state index contributed by atoms with van der Waals surface area (Å²) in [6.45, 7) is 8.44. The van der Waals surface area contributed by atoms with Crippen molar-refractivity contribution in [2.24, 2.45) is 5.92 Å². The van der Waals surface area contributed by atoms with E-state index < -0.39 is 0 Å². The van der Waals surface area contributed by atoms with Crippen molar-refractivity contribution < 1.29 is 14.3 Å². The number of benzene rings is 1. The highest BCUT2D eigenvalue weighted by molar-refractivity contribution is 7.98. The van der Waals surface area contributed by atoms with E-state index in [1.165, 1.54) is 31.5 Å². The van der Waals surface area contributed by atoms with Crippen LogP contribution in [0.5, 0.6) is 5.88 Å². The molecule has 0 unspecified atom stereocenters. The van der Waals surface area contributed by atoms with Crippen molar-refractivity contribution in [1.82, 2.24) is 30.1 Å². The first-order valence-electron chi connectivity index (χ1n) is 15.3. The largest absolute Gasteiger partial charge is 0.477 e. The van der Waals surface area contributed by atoms with E-state index in [2.05, 4.69) is 36.6 Å². The number of thioether (sulfide) groups is 1. The minimum absolute atomic E-state index is 0. The van der Waals surface area contributed by atoms with Crippen molar-refractivity contribution in [3.63, 3.8) is 0 Å². The van der Waals surface area contributed by atoms with Gasteiger partial charge in [-0.2, -0.15) is 5.26 Å². The van der Waals surface area contributed by atoms with E-state index in [0.717, 1.165) is 57.4 Å². The first-order chi connectivity index (χ1) is 21.9. The molecule has 2 aromatic heterocycles. The van der Waals surface area contributed by atoms with Crippen LogP contribution >= 0.6 is 49.0 Å². The zero-order valence-corrected chi connectivity index (χ0v) is 30.0. The number of nitriles is 1. The van der Waals surface area contributed by atoms with Gasteiger partial charge in [-0.25, -0.2) is 15.0 Å². The summed E-state index contributed by atoms with van der Waals surface area (Å²) in [6.07, 6.45) is 2.78. The molecule has 4 heterocycles. The SMILES string of the molecule is CC(=O)Nc1ccc(-c2nc(SCc3cccc(OCCC(=O)N4CCN(CC5CCNCC5)CC4)n3)nc(N)c2C#N)cc1.Cl.Cl.Cl. The highest BCUT2D eigenvalue weighted by atomic mass is 35.5. The Hall–Kier alpha value is -3.38. The number of amides is 2. The highest BCUT2D eigenvalue weighted by Crippen LogP contribution is 2.29. The monoisotopic (exact) mass is 737 g/mol. The molecule has 5 rings (SSSR count). The number of ether oxygens (including phenoxy) is 1. The molecule has 4 N–H and O–H groups in total. The third-order valence-electron chi connectivity index (χ3n) is 7.90. The number of nitrogens with one attached hydrogen (secondary N) is 2. The van der Waals surface area contributed by atoms with Crippen LogP contribution in [0.3, 0.4) is 0 Å². The number of hydrogen-bond donors (Lipinski definition) is 3. The summed E-state index contributed by atoms with van der Waals surface area (Å²) in [7, 11) is 0. The fourth-order valence-corrected chi connectivity index (χ4v) is 6.28. The van der Waals surface area contributed by atoms with Gasteiger partial charge in [-0.15, -0.1) is 37.2 Å². The number of piperidine rings is 1. The maximum atomic E-state index is 12.8. The summed E-state index contributed by atoms with van der Waals surface area (Å²) in [4.78, 5) is 42.1. The molecular weight excluding hydrogens is 697 g/mol. The lowest BCUT2D eigenvalue weighted by molar-refractivity contribution is -0.133. The van der Waals surface area contributed by atoms with Crippen LogP contribution in [0.15, 0.2) is 47.6 Å². The van der Waals surface area contributed by atoms with Gasteiger partial charge >= 0.3 is 0 Å². The van der Waals surface area contributed by atoms with Gasteiger partial charge in [0.25, 0.3) is 0 Å². The summed E-state index contributed by atoms with van der Waals surface area (Å²) in [6, 6.07) is 14.6. The van der Waals surface area contributed by atoms with Crippen LogP contribution in [-0.2, 0) is 15.3 Å². The molecule has 48 heavy (non-hydrogen) atoms. The fourth-order valence-electron chi connectivity index (χ4n) is 5.52. The van der Waals surface area contributed by atoms with Gasteiger partial charge in [0.2, 0.25) is 17.7 Å². The van der Waals surface area contributed by atoms with Gasteiger partial charge in [0.05, 0.1) is 24.4 Å². The lowest BCUT2D eigenvalue weighted by Gasteiger charge is -2.37. The number of nitrogens with two attached hydrogens (primary N) is 1. The van der Waals surface area contributed by atoms with Crippen molar-refractivity contribution in [3.05, 3.63) is 53.7 Å². The molecule has 0 spiro atoms. The minimum Gasteiger partial charge on any atom is -0.477 e. The number of hydrogen-bond acceptors (Lipinski definition) is 11. The molecule has 1 aromatic carbocycles. The lowest BCUT2D eigenvalue weighted by atomic mass is 9.97. The summed E-state index contributed by atoms with van der Waals surface area (Å²) < 4.78 is 5.84. The number of nitrogens with zero attached hydrogens (tertiary/aromatic N) is 6. The molecule has 0 bridgehead atoms. The number of carbonyl (C=O) groups excluding carboxylic acids is 2. The van der Waals surface area contributed by atoms with E-state index in [-0.39, 0.29) is 67.0 Å². The maximum absolute atomic E-state index is 12.8. The Morgan fingerprint density at radius 2 is 1.75 bits per heavy atom. The molecule has 0 saturated carbocycles. The second-order valence-electron chi connectivity index (χ2n) is 11.2. The average Bonchev–Trinajstić information content (AvgIpc) is 3.04. The van der Waals surface area contributed by atoms with E-state index in [9.17, 15) is 14.9 Å². The molecule has 16 heteroatoms. The van der Waals surface area contributed by atoms with Gasteiger partial charge in [0.1, 0.15) is 17.5 Å². The van der Waals surface area contributed by atoms with Crippen molar-refractivity contribution >= 4 is 72.3 Å². The van der Waals surface area contributed by atoms with Crippen LogP contribution in [0.2, 0.25) is 0 Å². The molecular formula is C32H42Cl3N9O3S. The first kappa shape index (κ1) is 40.8. The van der Waals surface area contributed by atoms with Crippen LogP contribution in [0.25, 0.3) is 11.3 Å². The summed E-state index contributed by atoms with van der Waals surface area (Å²) in [5.41, 5.74) is 8.80. The number of halogens is 3. The molecule has 12 nitrogen and oxygen atoms in total. The van der Waals surface area contributed by atoms with Crippen molar-refractivity contribution in [2.75, 3.05) is 63.5 Å². The van der Waals surface area contributed by atoms with Crippen LogP contribution < -0.4 is 21.1 Å².